The molecule has 0 spiro atoms. The van der Waals surface area contributed by atoms with E-state index in [0.29, 0.717) is 5.56 Å². The maximum absolute atomic E-state index is 12.8. The van der Waals surface area contributed by atoms with Crippen LogP contribution >= 0.6 is 0 Å². The van der Waals surface area contributed by atoms with Crippen LogP contribution in [0, 0.1) is 0 Å². The predicted molar refractivity (Wildman–Crippen MR) is 114 cm³/mol. The summed E-state index contributed by atoms with van der Waals surface area (Å²) >= 11 is 0. The smallest absolute Gasteiger partial charge is 0.357 e. The van der Waals surface area contributed by atoms with Crippen LogP contribution in [0.2, 0.25) is 0 Å². The maximum Gasteiger partial charge on any atom is 0.357 e. The SMILES string of the molecule is CN(C)c1ccc(/C=C2\C(=O)N(c3ccc(S(=O)(=O)O)cc3)N=C2C(=O)O)cc1.[NH4+]. The minimum atomic E-state index is -4.39. The van der Waals surface area contributed by atoms with Gasteiger partial charge < -0.3 is 16.2 Å². The number of anilines is 2. The summed E-state index contributed by atoms with van der Waals surface area (Å²) in [6.45, 7) is 0. The second-order valence-electron chi connectivity index (χ2n) is 6.38. The third kappa shape index (κ3) is 4.54. The largest absolute Gasteiger partial charge is 0.476 e. The van der Waals surface area contributed by atoms with Crippen LogP contribution in [0.25, 0.3) is 6.08 Å². The zero-order valence-electron chi connectivity index (χ0n) is 16.5. The molecule has 11 heteroatoms. The van der Waals surface area contributed by atoms with Gasteiger partial charge in [0.15, 0.2) is 5.71 Å². The summed E-state index contributed by atoms with van der Waals surface area (Å²) in [5.41, 5.74) is 1.20. The molecule has 0 saturated heterocycles. The van der Waals surface area contributed by atoms with Crippen LogP contribution in [0.15, 0.2) is 64.1 Å². The lowest BCUT2D eigenvalue weighted by Crippen LogP contribution is -2.22. The lowest BCUT2D eigenvalue weighted by Gasteiger charge is -2.12. The molecule has 6 N–H and O–H groups in total. The van der Waals surface area contributed by atoms with Gasteiger partial charge in [0, 0.05) is 19.8 Å². The van der Waals surface area contributed by atoms with Crippen molar-refractivity contribution in [1.29, 1.82) is 0 Å². The van der Waals surface area contributed by atoms with Gasteiger partial charge >= 0.3 is 5.97 Å². The number of carboxylic acids is 1. The molecule has 0 aliphatic carbocycles. The fourth-order valence-electron chi connectivity index (χ4n) is 2.67. The second-order valence-corrected chi connectivity index (χ2v) is 7.81. The van der Waals surface area contributed by atoms with Gasteiger partial charge in [-0.2, -0.15) is 18.5 Å². The van der Waals surface area contributed by atoms with Crippen LogP contribution in [0.1, 0.15) is 5.56 Å². The van der Waals surface area contributed by atoms with E-state index >= 15 is 0 Å². The summed E-state index contributed by atoms with van der Waals surface area (Å²) in [7, 11) is -0.624. The molecule has 0 bridgehead atoms. The highest BCUT2D eigenvalue weighted by atomic mass is 32.2. The van der Waals surface area contributed by atoms with Crippen molar-refractivity contribution < 1.29 is 27.7 Å². The highest BCUT2D eigenvalue weighted by molar-refractivity contribution is 7.85. The number of amides is 1. The summed E-state index contributed by atoms with van der Waals surface area (Å²) in [6.07, 6.45) is 1.43. The Labute approximate surface area is 173 Å². The molecule has 30 heavy (non-hydrogen) atoms. The average molecular weight is 433 g/mol. The summed E-state index contributed by atoms with van der Waals surface area (Å²) < 4.78 is 31.3. The standard InChI is InChI=1S/C19H17N3O6S.H3N/c1-21(2)13-5-3-12(4-6-13)11-16-17(19(24)25)20-22(18(16)23)14-7-9-15(10-8-14)29(26,27)28;/h3-11H,1-2H3,(H,24,25)(H,26,27,28);1H3/p+1/b16-11-;. The number of aliphatic carboxylic acids is 1. The van der Waals surface area contributed by atoms with Crippen molar-refractivity contribution in [3.8, 4) is 0 Å². The van der Waals surface area contributed by atoms with Gasteiger partial charge in [-0.25, -0.2) is 4.79 Å². The van der Waals surface area contributed by atoms with E-state index in [1.165, 1.54) is 18.2 Å². The van der Waals surface area contributed by atoms with E-state index in [9.17, 15) is 23.1 Å². The van der Waals surface area contributed by atoms with E-state index in [0.717, 1.165) is 22.8 Å². The third-order valence-electron chi connectivity index (χ3n) is 4.18. The Balaban J connectivity index is 0.00000320. The zero-order chi connectivity index (χ0) is 21.3. The van der Waals surface area contributed by atoms with Gasteiger partial charge in [-0.3, -0.25) is 9.35 Å². The van der Waals surface area contributed by atoms with Gasteiger partial charge in [-0.05, 0) is 48.0 Å². The molecular weight excluding hydrogens is 412 g/mol. The Morgan fingerprint density at radius 2 is 1.63 bits per heavy atom. The number of nitrogens with zero attached hydrogens (tertiary/aromatic N) is 3. The van der Waals surface area contributed by atoms with Gasteiger partial charge in [0.1, 0.15) is 0 Å². The molecule has 1 heterocycles. The molecule has 0 aromatic heterocycles. The molecule has 1 amide bonds. The normalized spacial score (nSPS) is 15.0. The van der Waals surface area contributed by atoms with Crippen molar-refractivity contribution in [2.45, 2.75) is 4.90 Å². The van der Waals surface area contributed by atoms with Gasteiger partial charge in [-0.1, -0.05) is 12.1 Å². The molecule has 1 aliphatic rings. The third-order valence-corrected chi connectivity index (χ3v) is 5.05. The van der Waals surface area contributed by atoms with Crippen molar-refractivity contribution in [2.75, 3.05) is 24.0 Å². The first kappa shape index (κ1) is 22.7. The van der Waals surface area contributed by atoms with E-state index < -0.39 is 27.7 Å². The van der Waals surface area contributed by atoms with Crippen LogP contribution in [-0.4, -0.2) is 49.8 Å². The highest BCUT2D eigenvalue weighted by Crippen LogP contribution is 2.26. The molecule has 2 aromatic carbocycles. The first-order valence-electron chi connectivity index (χ1n) is 8.31. The van der Waals surface area contributed by atoms with E-state index in [1.807, 2.05) is 31.1 Å². The van der Waals surface area contributed by atoms with Crippen molar-refractivity contribution in [2.24, 2.45) is 5.10 Å². The van der Waals surface area contributed by atoms with Crippen LogP contribution in [-0.2, 0) is 19.7 Å². The van der Waals surface area contributed by atoms with Crippen molar-refractivity contribution in [3.05, 3.63) is 59.7 Å². The van der Waals surface area contributed by atoms with Gasteiger partial charge in [0.05, 0.1) is 16.2 Å². The van der Waals surface area contributed by atoms with Crippen LogP contribution in [0.5, 0.6) is 0 Å². The molecule has 0 atom stereocenters. The molecule has 0 unspecified atom stereocenters. The number of carbonyl (C=O) groups excluding carboxylic acids is 1. The Morgan fingerprint density at radius 3 is 2.10 bits per heavy atom. The Morgan fingerprint density at radius 1 is 1.07 bits per heavy atom. The number of benzene rings is 2. The number of quaternary nitrogens is 1. The molecule has 0 fully saturated rings. The summed E-state index contributed by atoms with van der Waals surface area (Å²) in [6, 6.07) is 11.8. The number of carboxylic acid groups (broad SMARTS) is 1. The number of rotatable bonds is 5. The van der Waals surface area contributed by atoms with E-state index in [-0.39, 0.29) is 22.3 Å². The predicted octanol–water partition coefficient (Wildman–Crippen LogP) is 2.25. The second kappa shape index (κ2) is 8.45. The minimum Gasteiger partial charge on any atom is -0.476 e. The van der Waals surface area contributed by atoms with Crippen molar-refractivity contribution in [1.82, 2.24) is 6.15 Å². The quantitative estimate of drug-likeness (QED) is 0.480. The summed E-state index contributed by atoms with van der Waals surface area (Å²) in [4.78, 5) is 25.9. The summed E-state index contributed by atoms with van der Waals surface area (Å²) in [5, 5.41) is 14.2. The first-order chi connectivity index (χ1) is 13.6. The first-order valence-corrected chi connectivity index (χ1v) is 9.75. The Kier molecular flexibility index (Phi) is 6.41. The maximum atomic E-state index is 12.8. The molecule has 10 nitrogen and oxygen atoms in total. The Hall–Kier alpha value is -3.54. The van der Waals surface area contributed by atoms with Gasteiger partial charge in [0.25, 0.3) is 16.0 Å². The topological polar surface area (TPSA) is 164 Å². The summed E-state index contributed by atoms with van der Waals surface area (Å²) in [5.74, 6) is -2.04. The van der Waals surface area contributed by atoms with Crippen LogP contribution in [0.4, 0.5) is 11.4 Å². The fraction of sp³-hybridized carbons (Fsp3) is 0.105. The zero-order valence-corrected chi connectivity index (χ0v) is 17.3. The molecule has 2 aromatic rings. The molecule has 0 saturated carbocycles. The van der Waals surface area contributed by atoms with E-state index in [1.54, 1.807) is 12.1 Å². The monoisotopic (exact) mass is 433 g/mol. The molecule has 1 aliphatic heterocycles. The fourth-order valence-corrected chi connectivity index (χ4v) is 3.15. The number of hydrazone groups is 1. The van der Waals surface area contributed by atoms with E-state index in [2.05, 4.69) is 5.10 Å². The van der Waals surface area contributed by atoms with Gasteiger partial charge in [0.2, 0.25) is 0 Å². The van der Waals surface area contributed by atoms with Crippen molar-refractivity contribution >= 4 is 45.2 Å². The average Bonchev–Trinajstić information content (AvgIpc) is 2.98. The number of hydrogen-bond donors (Lipinski definition) is 3. The minimum absolute atomic E-state index is 0. The molecule has 3 rings (SSSR count). The van der Waals surface area contributed by atoms with Gasteiger partial charge in [-0.15, -0.1) is 0 Å². The van der Waals surface area contributed by atoms with Crippen LogP contribution in [0.3, 0.4) is 0 Å². The Bertz CT molecular complexity index is 1140. The lowest BCUT2D eigenvalue weighted by atomic mass is 10.1. The number of hydrogen-bond acceptors (Lipinski definition) is 6. The molecule has 158 valence electrons. The van der Waals surface area contributed by atoms with Crippen LogP contribution < -0.4 is 16.1 Å². The number of carbonyl (C=O) groups is 2. The van der Waals surface area contributed by atoms with Crippen molar-refractivity contribution in [3.63, 3.8) is 0 Å². The molecular formula is C19H21N4O6S+. The molecule has 0 radical (unpaired) electrons. The lowest BCUT2D eigenvalue weighted by molar-refractivity contribution is -0.129. The van der Waals surface area contributed by atoms with E-state index in [4.69, 9.17) is 4.55 Å². The highest BCUT2D eigenvalue weighted by Gasteiger charge is 2.35.